The molecule has 28 heavy (non-hydrogen) atoms. The first-order chi connectivity index (χ1) is 13.8. The van der Waals surface area contributed by atoms with E-state index in [4.69, 9.17) is 9.47 Å². The highest BCUT2D eigenvalue weighted by Gasteiger charge is 2.18. The number of aromatic nitrogens is 2. The maximum Gasteiger partial charge on any atom is 0.263 e. The molecule has 1 aromatic carbocycles. The third-order valence-corrected chi connectivity index (χ3v) is 5.17. The fourth-order valence-corrected chi connectivity index (χ4v) is 3.50. The van der Waals surface area contributed by atoms with Crippen LogP contribution in [-0.2, 0) is 11.3 Å². The molecule has 0 bridgehead atoms. The number of amides is 1. The number of carbonyl (C=O) groups is 1. The van der Waals surface area contributed by atoms with E-state index in [-0.39, 0.29) is 5.91 Å². The van der Waals surface area contributed by atoms with Crippen LogP contribution in [0.1, 0.15) is 15.2 Å². The normalized spacial score (nSPS) is 13.9. The molecule has 8 heteroatoms. The minimum Gasteiger partial charge on any atom is -0.436 e. The molecule has 0 atom stereocenters. The zero-order chi connectivity index (χ0) is 19.2. The number of nitrogens with one attached hydrogen (secondary N) is 1. The van der Waals surface area contributed by atoms with Crippen molar-refractivity contribution in [2.75, 3.05) is 31.2 Å². The Hall–Kier alpha value is -2.97. The molecule has 1 amide bonds. The van der Waals surface area contributed by atoms with Crippen LogP contribution in [0.15, 0.2) is 54.2 Å². The molecular weight excluding hydrogens is 376 g/mol. The quantitative estimate of drug-likeness (QED) is 0.690. The Kier molecular flexibility index (Phi) is 5.79. The highest BCUT2D eigenvalue weighted by molar-refractivity contribution is 7.09. The van der Waals surface area contributed by atoms with E-state index in [1.807, 2.05) is 17.5 Å². The van der Waals surface area contributed by atoms with Gasteiger partial charge in [-0.25, -0.2) is 9.97 Å². The predicted molar refractivity (Wildman–Crippen MR) is 107 cm³/mol. The second-order valence-electron chi connectivity index (χ2n) is 6.17. The molecule has 3 heterocycles. The van der Waals surface area contributed by atoms with Crippen LogP contribution in [0.25, 0.3) is 0 Å². The lowest BCUT2D eigenvalue weighted by molar-refractivity contribution is 0.0951. The number of hydrogen-bond donors (Lipinski definition) is 1. The van der Waals surface area contributed by atoms with Gasteiger partial charge in [0.05, 0.1) is 19.8 Å². The summed E-state index contributed by atoms with van der Waals surface area (Å²) < 4.78 is 11.3. The van der Waals surface area contributed by atoms with E-state index in [0.717, 1.165) is 18.0 Å². The smallest absolute Gasteiger partial charge is 0.263 e. The van der Waals surface area contributed by atoms with Gasteiger partial charge >= 0.3 is 0 Å². The van der Waals surface area contributed by atoms with Crippen molar-refractivity contribution in [1.29, 1.82) is 0 Å². The maximum atomic E-state index is 12.3. The van der Waals surface area contributed by atoms with E-state index in [1.165, 1.54) is 0 Å². The summed E-state index contributed by atoms with van der Waals surface area (Å²) >= 11 is 1.62. The summed E-state index contributed by atoms with van der Waals surface area (Å²) in [6.45, 7) is 3.34. The molecule has 1 N–H and O–H groups in total. The lowest BCUT2D eigenvalue weighted by Crippen LogP contribution is -2.37. The summed E-state index contributed by atoms with van der Waals surface area (Å²) in [5.74, 6) is 1.63. The van der Waals surface area contributed by atoms with Crippen molar-refractivity contribution in [2.45, 2.75) is 6.54 Å². The second kappa shape index (κ2) is 8.81. The van der Waals surface area contributed by atoms with E-state index in [2.05, 4.69) is 20.2 Å². The third kappa shape index (κ3) is 4.47. The number of ether oxygens (including phenoxy) is 2. The standard InChI is InChI=1S/C20H20N4O3S/c25-19(23-14-17-2-1-13-28-17)15-3-5-16(6-4-15)27-20-18(21-7-8-22-20)24-9-11-26-12-10-24/h1-8,13H,9-12,14H2,(H,23,25). The molecule has 3 aromatic rings. The fourth-order valence-electron chi connectivity index (χ4n) is 2.85. The summed E-state index contributed by atoms with van der Waals surface area (Å²) in [6, 6.07) is 11.0. The zero-order valence-corrected chi connectivity index (χ0v) is 16.0. The van der Waals surface area contributed by atoms with Gasteiger partial charge < -0.3 is 19.7 Å². The van der Waals surface area contributed by atoms with Crippen LogP contribution in [0.2, 0.25) is 0 Å². The summed E-state index contributed by atoms with van der Waals surface area (Å²) in [4.78, 5) is 24.2. The van der Waals surface area contributed by atoms with Gasteiger partial charge in [-0.15, -0.1) is 11.3 Å². The summed E-state index contributed by atoms with van der Waals surface area (Å²) in [5, 5.41) is 4.90. The van der Waals surface area contributed by atoms with E-state index >= 15 is 0 Å². The Bertz CT molecular complexity index is 909. The molecule has 0 saturated carbocycles. The molecule has 0 aliphatic carbocycles. The molecule has 2 aromatic heterocycles. The van der Waals surface area contributed by atoms with Crippen molar-refractivity contribution >= 4 is 23.1 Å². The first-order valence-electron chi connectivity index (χ1n) is 9.02. The average Bonchev–Trinajstić information content (AvgIpc) is 3.27. The monoisotopic (exact) mass is 396 g/mol. The van der Waals surface area contributed by atoms with Crippen LogP contribution in [0.4, 0.5) is 5.82 Å². The molecule has 1 saturated heterocycles. The number of benzene rings is 1. The van der Waals surface area contributed by atoms with Gasteiger partial charge in [-0.3, -0.25) is 4.79 Å². The molecular formula is C20H20N4O3S. The van der Waals surface area contributed by atoms with Crippen molar-refractivity contribution in [2.24, 2.45) is 0 Å². The topological polar surface area (TPSA) is 76.6 Å². The van der Waals surface area contributed by atoms with E-state index in [9.17, 15) is 4.79 Å². The minimum absolute atomic E-state index is 0.117. The first kappa shape index (κ1) is 18.4. The summed E-state index contributed by atoms with van der Waals surface area (Å²) in [7, 11) is 0. The van der Waals surface area contributed by atoms with Crippen molar-refractivity contribution < 1.29 is 14.3 Å². The molecule has 144 valence electrons. The molecule has 0 spiro atoms. The van der Waals surface area contributed by atoms with Gasteiger partial charge in [0.15, 0.2) is 5.82 Å². The highest BCUT2D eigenvalue weighted by Crippen LogP contribution is 2.28. The summed E-state index contributed by atoms with van der Waals surface area (Å²) in [6.07, 6.45) is 3.25. The third-order valence-electron chi connectivity index (χ3n) is 4.29. The highest BCUT2D eigenvalue weighted by atomic mass is 32.1. The van der Waals surface area contributed by atoms with E-state index in [0.29, 0.717) is 42.8 Å². The lowest BCUT2D eigenvalue weighted by atomic mass is 10.2. The fraction of sp³-hybridized carbons (Fsp3) is 0.250. The van der Waals surface area contributed by atoms with Gasteiger partial charge in [0, 0.05) is 35.9 Å². The SMILES string of the molecule is O=C(NCc1cccs1)c1ccc(Oc2nccnc2N2CCOCC2)cc1. The number of anilines is 1. The van der Waals surface area contributed by atoms with Crippen molar-refractivity contribution in [3.05, 3.63) is 64.6 Å². The molecule has 4 rings (SSSR count). The molecule has 1 aliphatic rings. The minimum atomic E-state index is -0.117. The van der Waals surface area contributed by atoms with Gasteiger partial charge in [0.25, 0.3) is 11.8 Å². The summed E-state index contributed by atoms with van der Waals surface area (Å²) in [5.41, 5.74) is 0.580. The van der Waals surface area contributed by atoms with Crippen LogP contribution < -0.4 is 15.0 Å². The number of rotatable bonds is 6. The second-order valence-corrected chi connectivity index (χ2v) is 7.21. The Balaban J connectivity index is 1.41. The number of nitrogens with zero attached hydrogens (tertiary/aromatic N) is 3. The van der Waals surface area contributed by atoms with E-state index in [1.54, 1.807) is 48.0 Å². The Labute approximate surface area is 167 Å². The molecule has 1 aliphatic heterocycles. The van der Waals surface area contributed by atoms with Crippen molar-refractivity contribution in [3.8, 4) is 11.6 Å². The van der Waals surface area contributed by atoms with Crippen LogP contribution >= 0.6 is 11.3 Å². The number of carbonyl (C=O) groups excluding carboxylic acids is 1. The van der Waals surface area contributed by atoms with Crippen molar-refractivity contribution in [3.63, 3.8) is 0 Å². The molecule has 0 unspecified atom stereocenters. The largest absolute Gasteiger partial charge is 0.436 e. The number of hydrogen-bond acceptors (Lipinski definition) is 7. The Morgan fingerprint density at radius 3 is 2.68 bits per heavy atom. The lowest BCUT2D eigenvalue weighted by Gasteiger charge is -2.28. The number of thiophene rings is 1. The number of morpholine rings is 1. The zero-order valence-electron chi connectivity index (χ0n) is 15.2. The first-order valence-corrected chi connectivity index (χ1v) is 9.90. The maximum absolute atomic E-state index is 12.3. The van der Waals surface area contributed by atoms with Crippen molar-refractivity contribution in [1.82, 2.24) is 15.3 Å². The van der Waals surface area contributed by atoms with Gasteiger partial charge in [-0.2, -0.15) is 0 Å². The Morgan fingerprint density at radius 2 is 1.93 bits per heavy atom. The predicted octanol–water partition coefficient (Wildman–Crippen LogP) is 3.10. The van der Waals surface area contributed by atoms with Gasteiger partial charge in [0.2, 0.25) is 0 Å². The van der Waals surface area contributed by atoms with Crippen LogP contribution in [0, 0.1) is 0 Å². The van der Waals surface area contributed by atoms with Crippen LogP contribution in [0.3, 0.4) is 0 Å². The molecule has 7 nitrogen and oxygen atoms in total. The average molecular weight is 396 g/mol. The van der Waals surface area contributed by atoms with E-state index < -0.39 is 0 Å². The van der Waals surface area contributed by atoms with Gasteiger partial charge in [0.1, 0.15) is 5.75 Å². The van der Waals surface area contributed by atoms with Crippen LogP contribution in [0.5, 0.6) is 11.6 Å². The van der Waals surface area contributed by atoms with Gasteiger partial charge in [-0.05, 0) is 35.7 Å². The molecule has 1 fully saturated rings. The van der Waals surface area contributed by atoms with Crippen LogP contribution in [-0.4, -0.2) is 42.2 Å². The molecule has 0 radical (unpaired) electrons. The Morgan fingerprint density at radius 1 is 1.14 bits per heavy atom. The van der Waals surface area contributed by atoms with Gasteiger partial charge in [-0.1, -0.05) is 6.07 Å².